The highest BCUT2D eigenvalue weighted by atomic mass is 35.5. The number of nitrogens with zero attached hydrogens (tertiary/aromatic N) is 5. The molecule has 1 amide bonds. The predicted octanol–water partition coefficient (Wildman–Crippen LogP) is 4.22. The summed E-state index contributed by atoms with van der Waals surface area (Å²) in [6.07, 6.45) is 3.13. The van der Waals surface area contributed by atoms with Gasteiger partial charge in [0.05, 0.1) is 6.54 Å². The molecule has 0 aliphatic carbocycles. The van der Waals surface area contributed by atoms with E-state index < -0.39 is 5.91 Å². The Kier molecular flexibility index (Phi) is 6.18. The molecule has 32 heavy (non-hydrogen) atoms. The average Bonchev–Trinajstić information content (AvgIpc) is 3.41. The number of benzene rings is 2. The minimum absolute atomic E-state index is 0.137. The van der Waals surface area contributed by atoms with Gasteiger partial charge < -0.3 is 4.74 Å². The molecule has 0 bridgehead atoms. The Bertz CT molecular complexity index is 1230. The SMILES string of the molecule is Cc1cc(OCn2ccc(C(=O)Nc3ncn(Cc4ccc(F)cc4)n3)n2)cc(C)c1Cl. The second-order valence-electron chi connectivity index (χ2n) is 7.23. The third-order valence-corrected chi connectivity index (χ3v) is 5.26. The van der Waals surface area contributed by atoms with E-state index in [4.69, 9.17) is 16.3 Å². The number of hydrogen-bond acceptors (Lipinski definition) is 5. The van der Waals surface area contributed by atoms with Gasteiger partial charge >= 0.3 is 0 Å². The summed E-state index contributed by atoms with van der Waals surface area (Å²) >= 11 is 6.18. The van der Waals surface area contributed by atoms with Crippen LogP contribution in [-0.4, -0.2) is 30.5 Å². The van der Waals surface area contributed by atoms with Crippen LogP contribution in [0.2, 0.25) is 5.02 Å². The van der Waals surface area contributed by atoms with Crippen LogP contribution >= 0.6 is 11.6 Å². The molecular formula is C22H20ClFN6O2. The molecule has 164 valence electrons. The van der Waals surface area contributed by atoms with Crippen LogP contribution in [0.25, 0.3) is 0 Å². The maximum atomic E-state index is 13.0. The Hall–Kier alpha value is -3.72. The largest absolute Gasteiger partial charge is 0.471 e. The molecular weight excluding hydrogens is 435 g/mol. The highest BCUT2D eigenvalue weighted by Crippen LogP contribution is 2.26. The second-order valence-corrected chi connectivity index (χ2v) is 7.61. The van der Waals surface area contributed by atoms with Crippen LogP contribution in [0.1, 0.15) is 27.2 Å². The molecule has 0 saturated heterocycles. The molecule has 4 aromatic rings. The maximum Gasteiger partial charge on any atom is 0.278 e. The van der Waals surface area contributed by atoms with Crippen molar-refractivity contribution in [2.75, 3.05) is 5.32 Å². The van der Waals surface area contributed by atoms with E-state index in [1.54, 1.807) is 29.1 Å². The molecule has 0 spiro atoms. The third kappa shape index (κ3) is 5.12. The van der Waals surface area contributed by atoms with E-state index in [2.05, 4.69) is 20.5 Å². The van der Waals surface area contributed by atoms with E-state index in [0.29, 0.717) is 17.3 Å². The quantitative estimate of drug-likeness (QED) is 0.451. The van der Waals surface area contributed by atoms with E-state index in [-0.39, 0.29) is 24.2 Å². The van der Waals surface area contributed by atoms with E-state index >= 15 is 0 Å². The number of rotatable bonds is 7. The number of amides is 1. The van der Waals surface area contributed by atoms with Gasteiger partial charge in [-0.25, -0.2) is 18.7 Å². The molecule has 0 aliphatic rings. The van der Waals surface area contributed by atoms with Crippen molar-refractivity contribution >= 4 is 23.5 Å². The van der Waals surface area contributed by atoms with Crippen molar-refractivity contribution in [3.8, 4) is 5.75 Å². The number of ether oxygens (including phenoxy) is 1. The number of carbonyl (C=O) groups excluding carboxylic acids is 1. The first kappa shape index (κ1) is 21.5. The number of nitrogens with one attached hydrogen (secondary N) is 1. The first-order valence-electron chi connectivity index (χ1n) is 9.75. The fourth-order valence-electron chi connectivity index (χ4n) is 3.06. The number of halogens is 2. The number of aromatic nitrogens is 5. The highest BCUT2D eigenvalue weighted by Gasteiger charge is 2.13. The van der Waals surface area contributed by atoms with Crippen molar-refractivity contribution in [1.29, 1.82) is 0 Å². The lowest BCUT2D eigenvalue weighted by molar-refractivity contribution is 0.101. The lowest BCUT2D eigenvalue weighted by Gasteiger charge is -2.10. The lowest BCUT2D eigenvalue weighted by atomic mass is 10.1. The standard InChI is InChI=1S/C22H20ClFN6O2/c1-14-9-18(10-15(2)20(14)23)32-13-29-8-7-19(27-29)21(31)26-22-25-12-30(28-22)11-16-3-5-17(24)6-4-16/h3-10,12H,11,13H2,1-2H3,(H,26,28,31). The van der Waals surface area contributed by atoms with Crippen molar-refractivity contribution in [3.05, 3.63) is 88.2 Å². The first-order chi connectivity index (χ1) is 15.4. The van der Waals surface area contributed by atoms with E-state index in [1.165, 1.54) is 23.1 Å². The molecule has 2 heterocycles. The first-order valence-corrected chi connectivity index (χ1v) is 10.1. The summed E-state index contributed by atoms with van der Waals surface area (Å²) in [4.78, 5) is 16.5. The zero-order valence-corrected chi connectivity index (χ0v) is 18.2. The van der Waals surface area contributed by atoms with Gasteiger partial charge in [0.1, 0.15) is 17.9 Å². The lowest BCUT2D eigenvalue weighted by Crippen LogP contribution is -2.15. The molecule has 1 N–H and O–H groups in total. The third-order valence-electron chi connectivity index (χ3n) is 4.67. The zero-order valence-electron chi connectivity index (χ0n) is 17.4. The summed E-state index contributed by atoms with van der Waals surface area (Å²) in [5.74, 6) is 0.0711. The Morgan fingerprint density at radius 3 is 2.53 bits per heavy atom. The van der Waals surface area contributed by atoms with Crippen LogP contribution in [0, 0.1) is 19.7 Å². The Labute approximate surface area is 188 Å². The summed E-state index contributed by atoms with van der Waals surface area (Å²) in [5, 5.41) is 11.8. The molecule has 2 aromatic heterocycles. The van der Waals surface area contributed by atoms with Crippen LogP contribution in [0.5, 0.6) is 5.75 Å². The van der Waals surface area contributed by atoms with Gasteiger partial charge in [-0.3, -0.25) is 10.1 Å². The van der Waals surface area contributed by atoms with Gasteiger partial charge in [0.2, 0.25) is 5.95 Å². The highest BCUT2D eigenvalue weighted by molar-refractivity contribution is 6.32. The summed E-state index contributed by atoms with van der Waals surface area (Å²) in [5.41, 5.74) is 2.91. The minimum atomic E-state index is -0.443. The van der Waals surface area contributed by atoms with E-state index in [0.717, 1.165) is 16.7 Å². The molecule has 0 fully saturated rings. The van der Waals surface area contributed by atoms with Crippen LogP contribution < -0.4 is 10.1 Å². The number of anilines is 1. The smallest absolute Gasteiger partial charge is 0.278 e. The summed E-state index contributed by atoms with van der Waals surface area (Å²) in [6, 6.07) is 11.4. The number of carbonyl (C=O) groups is 1. The van der Waals surface area contributed by atoms with E-state index in [9.17, 15) is 9.18 Å². The Morgan fingerprint density at radius 2 is 1.81 bits per heavy atom. The Morgan fingerprint density at radius 1 is 1.09 bits per heavy atom. The van der Waals surface area contributed by atoms with Crippen LogP contribution in [0.3, 0.4) is 0 Å². The fraction of sp³-hybridized carbons (Fsp3) is 0.182. The van der Waals surface area contributed by atoms with Crippen molar-refractivity contribution in [2.24, 2.45) is 0 Å². The molecule has 0 aliphatic heterocycles. The molecule has 4 rings (SSSR count). The average molecular weight is 455 g/mol. The monoisotopic (exact) mass is 454 g/mol. The van der Waals surface area contributed by atoms with Gasteiger partial charge in [-0.05, 0) is 60.9 Å². The van der Waals surface area contributed by atoms with Gasteiger partial charge in [-0.2, -0.15) is 5.10 Å². The van der Waals surface area contributed by atoms with Gasteiger partial charge in [0.25, 0.3) is 5.91 Å². The van der Waals surface area contributed by atoms with Crippen molar-refractivity contribution < 1.29 is 13.9 Å². The Balaban J connectivity index is 1.34. The summed E-state index contributed by atoms with van der Waals surface area (Å²) in [7, 11) is 0. The molecule has 0 saturated carbocycles. The van der Waals surface area contributed by atoms with Crippen molar-refractivity contribution in [1.82, 2.24) is 24.5 Å². The second kappa shape index (κ2) is 9.19. The minimum Gasteiger partial charge on any atom is -0.471 e. The van der Waals surface area contributed by atoms with Gasteiger partial charge in [0, 0.05) is 11.2 Å². The van der Waals surface area contributed by atoms with Gasteiger partial charge in [-0.1, -0.05) is 23.7 Å². The molecule has 10 heteroatoms. The molecule has 0 atom stereocenters. The van der Waals surface area contributed by atoms with Crippen molar-refractivity contribution in [2.45, 2.75) is 27.1 Å². The van der Waals surface area contributed by atoms with Crippen LogP contribution in [0.4, 0.5) is 10.3 Å². The topological polar surface area (TPSA) is 86.9 Å². The maximum absolute atomic E-state index is 13.0. The number of hydrogen-bond donors (Lipinski definition) is 1. The number of aryl methyl sites for hydroxylation is 2. The molecule has 2 aromatic carbocycles. The molecule has 0 unspecified atom stereocenters. The predicted molar refractivity (Wildman–Crippen MR) is 117 cm³/mol. The molecule has 8 nitrogen and oxygen atoms in total. The van der Waals surface area contributed by atoms with Crippen LogP contribution in [0.15, 0.2) is 55.0 Å². The zero-order chi connectivity index (χ0) is 22.7. The summed E-state index contributed by atoms with van der Waals surface area (Å²) in [6.45, 7) is 4.36. The van der Waals surface area contributed by atoms with Crippen LogP contribution in [-0.2, 0) is 13.3 Å². The van der Waals surface area contributed by atoms with E-state index in [1.807, 2.05) is 26.0 Å². The van der Waals surface area contributed by atoms with Crippen molar-refractivity contribution in [3.63, 3.8) is 0 Å². The molecule has 0 radical (unpaired) electrons. The van der Waals surface area contributed by atoms with Gasteiger partial charge in [0.15, 0.2) is 12.4 Å². The fourth-order valence-corrected chi connectivity index (χ4v) is 3.16. The van der Waals surface area contributed by atoms with Gasteiger partial charge in [-0.15, -0.1) is 5.10 Å². The summed E-state index contributed by atoms with van der Waals surface area (Å²) < 4.78 is 21.8. The normalized spacial score (nSPS) is 10.9.